The lowest BCUT2D eigenvalue weighted by Crippen LogP contribution is -2.32. The Labute approximate surface area is 186 Å². The van der Waals surface area contributed by atoms with Crippen molar-refractivity contribution in [2.45, 2.75) is 39.3 Å². The maximum Gasteiger partial charge on any atom is 0.336 e. The summed E-state index contributed by atoms with van der Waals surface area (Å²) in [5.41, 5.74) is 3.05. The number of ether oxygens (including phenoxy) is 3. The predicted molar refractivity (Wildman–Crippen MR) is 120 cm³/mol. The lowest BCUT2D eigenvalue weighted by atomic mass is 10.0. The second-order valence-corrected chi connectivity index (χ2v) is 8.09. The molecule has 0 saturated carbocycles. The number of benzene rings is 2. The van der Waals surface area contributed by atoms with Crippen LogP contribution in [0.25, 0.3) is 11.0 Å². The van der Waals surface area contributed by atoms with Gasteiger partial charge in [-0.05, 0) is 42.2 Å². The van der Waals surface area contributed by atoms with Crippen LogP contribution in [0.2, 0.25) is 5.02 Å². The predicted octanol–water partition coefficient (Wildman–Crippen LogP) is 5.16. The van der Waals surface area contributed by atoms with Gasteiger partial charge in [-0.3, -0.25) is 4.90 Å². The van der Waals surface area contributed by atoms with Gasteiger partial charge in [-0.25, -0.2) is 4.79 Å². The third-order valence-electron chi connectivity index (χ3n) is 5.55. The number of halogens is 1. The molecule has 6 nitrogen and oxygen atoms in total. The highest BCUT2D eigenvalue weighted by atomic mass is 35.5. The van der Waals surface area contributed by atoms with E-state index in [1.165, 1.54) is 0 Å². The molecular formula is C24H26ClNO5. The number of nitrogens with zero attached hydrogens (tertiary/aromatic N) is 1. The third kappa shape index (κ3) is 4.36. The summed E-state index contributed by atoms with van der Waals surface area (Å²) in [5.74, 6) is 1.96. The lowest BCUT2D eigenvalue weighted by molar-refractivity contribution is 0.0890. The van der Waals surface area contributed by atoms with E-state index >= 15 is 0 Å². The molecule has 2 heterocycles. The van der Waals surface area contributed by atoms with Crippen LogP contribution in [0.1, 0.15) is 36.5 Å². The molecule has 1 aromatic heterocycles. The van der Waals surface area contributed by atoms with Crippen molar-refractivity contribution in [3.8, 4) is 17.2 Å². The molecule has 0 bridgehead atoms. The Morgan fingerprint density at radius 2 is 1.94 bits per heavy atom. The molecule has 0 amide bonds. The van der Waals surface area contributed by atoms with E-state index in [1.807, 2.05) is 24.3 Å². The summed E-state index contributed by atoms with van der Waals surface area (Å²) in [4.78, 5) is 14.4. The van der Waals surface area contributed by atoms with E-state index in [1.54, 1.807) is 20.3 Å². The highest BCUT2D eigenvalue weighted by Gasteiger charge is 2.25. The highest BCUT2D eigenvalue weighted by molar-refractivity contribution is 6.33. The van der Waals surface area contributed by atoms with Gasteiger partial charge in [0.2, 0.25) is 0 Å². The fourth-order valence-electron chi connectivity index (χ4n) is 4.01. The van der Waals surface area contributed by atoms with Crippen molar-refractivity contribution < 1.29 is 18.6 Å². The second kappa shape index (κ2) is 9.20. The summed E-state index contributed by atoms with van der Waals surface area (Å²) in [5, 5.41) is 1.42. The van der Waals surface area contributed by atoms with Gasteiger partial charge in [0, 0.05) is 24.5 Å². The van der Waals surface area contributed by atoms with Crippen LogP contribution in [0.3, 0.4) is 0 Å². The van der Waals surface area contributed by atoms with Crippen molar-refractivity contribution in [1.82, 2.24) is 4.90 Å². The van der Waals surface area contributed by atoms with Crippen LogP contribution in [0.15, 0.2) is 39.5 Å². The van der Waals surface area contributed by atoms with Crippen molar-refractivity contribution >= 4 is 22.6 Å². The van der Waals surface area contributed by atoms with Crippen LogP contribution >= 0.6 is 11.6 Å². The van der Waals surface area contributed by atoms with Crippen molar-refractivity contribution in [3.63, 3.8) is 0 Å². The van der Waals surface area contributed by atoms with Gasteiger partial charge in [0.1, 0.15) is 18.1 Å². The number of methoxy groups -OCH3 is 2. The average molecular weight is 444 g/mol. The van der Waals surface area contributed by atoms with Crippen LogP contribution in [0, 0.1) is 0 Å². The number of hydrogen-bond donors (Lipinski definition) is 0. The van der Waals surface area contributed by atoms with Gasteiger partial charge in [0.05, 0.1) is 24.8 Å². The lowest BCUT2D eigenvalue weighted by Gasteiger charge is -2.30. The summed E-state index contributed by atoms with van der Waals surface area (Å²) < 4.78 is 22.4. The monoisotopic (exact) mass is 443 g/mol. The zero-order chi connectivity index (χ0) is 22.0. The normalized spacial score (nSPS) is 13.7. The molecule has 164 valence electrons. The molecule has 0 radical (unpaired) electrons. The van der Waals surface area contributed by atoms with Crippen LogP contribution < -0.4 is 19.8 Å². The molecule has 1 aliphatic rings. The van der Waals surface area contributed by atoms with E-state index in [0.717, 1.165) is 41.3 Å². The van der Waals surface area contributed by atoms with Gasteiger partial charge in [0.25, 0.3) is 0 Å². The molecule has 2 aromatic carbocycles. The molecule has 1 aliphatic heterocycles. The quantitative estimate of drug-likeness (QED) is 0.470. The summed E-state index contributed by atoms with van der Waals surface area (Å²) in [6, 6.07) is 9.26. The number of hydrogen-bond acceptors (Lipinski definition) is 6. The molecule has 0 unspecified atom stereocenters. The molecule has 3 aromatic rings. The van der Waals surface area contributed by atoms with E-state index < -0.39 is 0 Å². The first-order valence-corrected chi connectivity index (χ1v) is 10.8. The molecule has 4 rings (SSSR count). The fraction of sp³-hybridized carbons (Fsp3) is 0.375. The van der Waals surface area contributed by atoms with Gasteiger partial charge in [0.15, 0.2) is 11.5 Å². The highest BCUT2D eigenvalue weighted by Crippen LogP contribution is 2.40. The topological polar surface area (TPSA) is 61.1 Å². The average Bonchev–Trinajstić information content (AvgIpc) is 2.78. The van der Waals surface area contributed by atoms with Gasteiger partial charge in [-0.2, -0.15) is 0 Å². The number of rotatable bonds is 7. The summed E-state index contributed by atoms with van der Waals surface area (Å²) in [6.07, 6.45) is 2.85. The number of aryl methyl sites for hydroxylation is 1. The Morgan fingerprint density at radius 3 is 2.68 bits per heavy atom. The van der Waals surface area contributed by atoms with Crippen molar-refractivity contribution in [2.75, 3.05) is 21.0 Å². The molecule has 7 heteroatoms. The Hall–Kier alpha value is -2.70. The van der Waals surface area contributed by atoms with Gasteiger partial charge >= 0.3 is 5.63 Å². The number of fused-ring (bicyclic) bond motifs is 3. The van der Waals surface area contributed by atoms with Crippen molar-refractivity contribution in [1.29, 1.82) is 0 Å². The first kappa shape index (κ1) is 21.5. The van der Waals surface area contributed by atoms with Crippen LogP contribution in [0.4, 0.5) is 0 Å². The number of unbranched alkanes of at least 4 members (excludes halogenated alkanes) is 1. The fourth-order valence-corrected chi connectivity index (χ4v) is 4.29. The van der Waals surface area contributed by atoms with E-state index in [9.17, 15) is 4.79 Å². The second-order valence-electron chi connectivity index (χ2n) is 7.69. The molecule has 0 saturated heterocycles. The first-order chi connectivity index (χ1) is 15.0. The molecule has 0 atom stereocenters. The molecule has 0 N–H and O–H groups in total. The Bertz CT molecular complexity index is 1160. The first-order valence-electron chi connectivity index (χ1n) is 10.4. The van der Waals surface area contributed by atoms with Crippen LogP contribution in [0.5, 0.6) is 17.2 Å². The molecule has 0 fully saturated rings. The standard InChI is InChI=1S/C24H26ClNO5/c1-4-5-6-16-10-22(27)31-23-17(16)11-19(25)24-18(23)13-26(14-30-24)12-15-7-8-20(28-2)21(9-15)29-3/h7-11H,4-6,12-14H2,1-3H3. The van der Waals surface area contributed by atoms with E-state index in [2.05, 4.69) is 11.8 Å². The Morgan fingerprint density at radius 1 is 1.13 bits per heavy atom. The SMILES string of the molecule is CCCCc1cc(=O)oc2c3c(c(Cl)cc12)OCN(Cc1ccc(OC)c(OC)c1)C3. The van der Waals surface area contributed by atoms with E-state index in [4.69, 9.17) is 30.2 Å². The van der Waals surface area contributed by atoms with Crippen molar-refractivity contribution in [3.05, 3.63) is 62.5 Å². The zero-order valence-corrected chi connectivity index (χ0v) is 18.8. The third-order valence-corrected chi connectivity index (χ3v) is 5.83. The minimum Gasteiger partial charge on any atom is -0.493 e. The van der Waals surface area contributed by atoms with E-state index in [0.29, 0.717) is 47.7 Å². The minimum atomic E-state index is -0.347. The maximum atomic E-state index is 12.3. The van der Waals surface area contributed by atoms with Crippen LogP contribution in [-0.4, -0.2) is 25.9 Å². The zero-order valence-electron chi connectivity index (χ0n) is 18.0. The Balaban J connectivity index is 1.68. The Kier molecular flexibility index (Phi) is 6.39. The molecular weight excluding hydrogens is 418 g/mol. The minimum absolute atomic E-state index is 0.347. The van der Waals surface area contributed by atoms with Crippen molar-refractivity contribution in [2.24, 2.45) is 0 Å². The van der Waals surface area contributed by atoms with Gasteiger partial charge < -0.3 is 18.6 Å². The smallest absolute Gasteiger partial charge is 0.336 e. The molecule has 0 spiro atoms. The molecule has 31 heavy (non-hydrogen) atoms. The van der Waals surface area contributed by atoms with Crippen LogP contribution in [-0.2, 0) is 19.5 Å². The largest absolute Gasteiger partial charge is 0.493 e. The van der Waals surface area contributed by atoms with E-state index in [-0.39, 0.29) is 5.63 Å². The summed E-state index contributed by atoms with van der Waals surface area (Å²) >= 11 is 6.55. The summed E-state index contributed by atoms with van der Waals surface area (Å²) in [6.45, 7) is 3.70. The summed E-state index contributed by atoms with van der Waals surface area (Å²) in [7, 11) is 3.23. The van der Waals surface area contributed by atoms with Gasteiger partial charge in [-0.1, -0.05) is 31.0 Å². The maximum absolute atomic E-state index is 12.3. The molecule has 0 aliphatic carbocycles. The van der Waals surface area contributed by atoms with Gasteiger partial charge in [-0.15, -0.1) is 0 Å².